The van der Waals surface area contributed by atoms with Crippen LogP contribution in [0.3, 0.4) is 0 Å². The SMILES string of the molecule is COc1ccc(OC)c(-c2ccc(C)cc2NC(=O)N(C)C)c1. The molecule has 0 saturated heterocycles. The van der Waals surface area contributed by atoms with Crippen molar-refractivity contribution in [3.63, 3.8) is 0 Å². The second kappa shape index (κ2) is 7.05. The molecule has 23 heavy (non-hydrogen) atoms. The fraction of sp³-hybridized carbons (Fsp3) is 0.278. The maximum Gasteiger partial charge on any atom is 0.321 e. The summed E-state index contributed by atoms with van der Waals surface area (Å²) in [6, 6.07) is 11.3. The van der Waals surface area contributed by atoms with Gasteiger partial charge in [0, 0.05) is 25.2 Å². The maximum atomic E-state index is 12.0. The van der Waals surface area contributed by atoms with Crippen LogP contribution in [-0.4, -0.2) is 39.2 Å². The van der Waals surface area contributed by atoms with E-state index >= 15 is 0 Å². The summed E-state index contributed by atoms with van der Waals surface area (Å²) in [4.78, 5) is 13.5. The van der Waals surface area contributed by atoms with Gasteiger partial charge in [-0.05, 0) is 36.8 Å². The Hall–Kier alpha value is -2.69. The molecule has 1 N–H and O–H groups in total. The first-order chi connectivity index (χ1) is 11.0. The van der Waals surface area contributed by atoms with E-state index in [0.717, 1.165) is 33.9 Å². The van der Waals surface area contributed by atoms with Crippen molar-refractivity contribution in [1.82, 2.24) is 4.90 Å². The molecular formula is C18H22N2O3. The highest BCUT2D eigenvalue weighted by Crippen LogP contribution is 2.38. The van der Waals surface area contributed by atoms with Crippen LogP contribution < -0.4 is 14.8 Å². The summed E-state index contributed by atoms with van der Waals surface area (Å²) in [7, 11) is 6.65. The van der Waals surface area contributed by atoms with Crippen LogP contribution in [0.15, 0.2) is 36.4 Å². The smallest absolute Gasteiger partial charge is 0.321 e. The van der Waals surface area contributed by atoms with Gasteiger partial charge in [-0.2, -0.15) is 0 Å². The van der Waals surface area contributed by atoms with Crippen LogP contribution in [0.1, 0.15) is 5.56 Å². The van der Waals surface area contributed by atoms with Gasteiger partial charge in [-0.3, -0.25) is 0 Å². The average molecular weight is 314 g/mol. The molecule has 0 aliphatic heterocycles. The zero-order valence-electron chi connectivity index (χ0n) is 14.1. The summed E-state index contributed by atoms with van der Waals surface area (Å²) < 4.78 is 10.8. The number of carbonyl (C=O) groups excluding carboxylic acids is 1. The number of nitrogens with zero attached hydrogens (tertiary/aromatic N) is 1. The van der Waals surface area contributed by atoms with Crippen LogP contribution in [0, 0.1) is 6.92 Å². The van der Waals surface area contributed by atoms with E-state index in [0.29, 0.717) is 0 Å². The van der Waals surface area contributed by atoms with Crippen LogP contribution in [0.25, 0.3) is 11.1 Å². The van der Waals surface area contributed by atoms with Crippen molar-refractivity contribution in [2.45, 2.75) is 6.92 Å². The fourth-order valence-electron chi connectivity index (χ4n) is 2.25. The molecule has 5 nitrogen and oxygen atoms in total. The molecule has 2 aromatic carbocycles. The van der Waals surface area contributed by atoms with Gasteiger partial charge in [-0.25, -0.2) is 4.79 Å². The predicted molar refractivity (Wildman–Crippen MR) is 92.4 cm³/mol. The first-order valence-electron chi connectivity index (χ1n) is 7.27. The largest absolute Gasteiger partial charge is 0.497 e. The number of anilines is 1. The van der Waals surface area contributed by atoms with Crippen molar-refractivity contribution in [3.8, 4) is 22.6 Å². The molecular weight excluding hydrogens is 292 g/mol. The summed E-state index contributed by atoms with van der Waals surface area (Å²) in [5.74, 6) is 1.45. The van der Waals surface area contributed by atoms with E-state index in [9.17, 15) is 4.79 Å². The van der Waals surface area contributed by atoms with Gasteiger partial charge in [0.2, 0.25) is 0 Å². The molecule has 0 saturated carbocycles. The molecule has 0 spiro atoms. The molecule has 2 rings (SSSR count). The molecule has 0 fully saturated rings. The summed E-state index contributed by atoms with van der Waals surface area (Å²) >= 11 is 0. The Kier molecular flexibility index (Phi) is 5.11. The standard InChI is InChI=1S/C18H22N2O3/c1-12-6-8-14(16(10-12)19-18(21)20(2)3)15-11-13(22-4)7-9-17(15)23-5/h6-11H,1-5H3,(H,19,21). The number of urea groups is 1. The van der Waals surface area contributed by atoms with Crippen LogP contribution >= 0.6 is 0 Å². The van der Waals surface area contributed by atoms with Crippen LogP contribution in [0.5, 0.6) is 11.5 Å². The highest BCUT2D eigenvalue weighted by molar-refractivity contribution is 5.95. The lowest BCUT2D eigenvalue weighted by atomic mass is 10.0. The van der Waals surface area contributed by atoms with Gasteiger partial charge in [0.15, 0.2) is 0 Å². The molecule has 0 aliphatic carbocycles. The van der Waals surface area contributed by atoms with Crippen molar-refractivity contribution in [1.29, 1.82) is 0 Å². The van der Waals surface area contributed by atoms with Crippen molar-refractivity contribution in [2.75, 3.05) is 33.6 Å². The topological polar surface area (TPSA) is 50.8 Å². The Morgan fingerprint density at radius 1 is 1.00 bits per heavy atom. The van der Waals surface area contributed by atoms with Crippen molar-refractivity contribution in [3.05, 3.63) is 42.0 Å². The van der Waals surface area contributed by atoms with Gasteiger partial charge in [0.25, 0.3) is 0 Å². The molecule has 5 heteroatoms. The molecule has 0 radical (unpaired) electrons. The minimum absolute atomic E-state index is 0.182. The van der Waals surface area contributed by atoms with Gasteiger partial charge in [-0.15, -0.1) is 0 Å². The van der Waals surface area contributed by atoms with E-state index in [1.165, 1.54) is 4.90 Å². The Bertz CT molecular complexity index is 711. The number of methoxy groups -OCH3 is 2. The second-order valence-electron chi connectivity index (χ2n) is 5.44. The Morgan fingerprint density at radius 3 is 2.35 bits per heavy atom. The summed E-state index contributed by atoms with van der Waals surface area (Å²) in [5.41, 5.74) is 3.53. The molecule has 0 unspecified atom stereocenters. The molecule has 0 bridgehead atoms. The van der Waals surface area contributed by atoms with E-state index in [1.807, 2.05) is 43.3 Å². The van der Waals surface area contributed by atoms with Crippen LogP contribution in [0.2, 0.25) is 0 Å². The third kappa shape index (κ3) is 3.74. The van der Waals surface area contributed by atoms with Crippen LogP contribution in [0.4, 0.5) is 10.5 Å². The van der Waals surface area contributed by atoms with E-state index < -0.39 is 0 Å². The van der Waals surface area contributed by atoms with Gasteiger partial charge in [0.05, 0.1) is 19.9 Å². The molecule has 2 aromatic rings. The molecule has 0 atom stereocenters. The van der Waals surface area contributed by atoms with E-state index in [-0.39, 0.29) is 6.03 Å². The van der Waals surface area contributed by atoms with Crippen molar-refractivity contribution < 1.29 is 14.3 Å². The number of aryl methyl sites for hydroxylation is 1. The lowest BCUT2D eigenvalue weighted by Gasteiger charge is -2.18. The van der Waals surface area contributed by atoms with E-state index in [1.54, 1.807) is 28.3 Å². The minimum atomic E-state index is -0.182. The van der Waals surface area contributed by atoms with E-state index in [4.69, 9.17) is 9.47 Å². The lowest BCUT2D eigenvalue weighted by molar-refractivity contribution is 0.230. The first kappa shape index (κ1) is 16.7. The number of benzene rings is 2. The van der Waals surface area contributed by atoms with Crippen molar-refractivity contribution in [2.24, 2.45) is 0 Å². The highest BCUT2D eigenvalue weighted by Gasteiger charge is 2.14. The Labute approximate surface area is 136 Å². The molecule has 0 heterocycles. The molecule has 0 aliphatic rings. The third-order valence-corrected chi connectivity index (χ3v) is 3.52. The minimum Gasteiger partial charge on any atom is -0.497 e. The maximum absolute atomic E-state index is 12.0. The number of ether oxygens (including phenoxy) is 2. The number of hydrogen-bond donors (Lipinski definition) is 1. The Morgan fingerprint density at radius 2 is 1.74 bits per heavy atom. The number of rotatable bonds is 4. The quantitative estimate of drug-likeness (QED) is 0.934. The van der Waals surface area contributed by atoms with Crippen LogP contribution in [-0.2, 0) is 0 Å². The summed E-state index contributed by atoms with van der Waals surface area (Å²) in [6.45, 7) is 1.98. The normalized spacial score (nSPS) is 10.1. The summed E-state index contributed by atoms with van der Waals surface area (Å²) in [6.07, 6.45) is 0. The van der Waals surface area contributed by atoms with Crippen molar-refractivity contribution >= 4 is 11.7 Å². The van der Waals surface area contributed by atoms with Gasteiger partial charge in [-0.1, -0.05) is 12.1 Å². The highest BCUT2D eigenvalue weighted by atomic mass is 16.5. The molecule has 2 amide bonds. The second-order valence-corrected chi connectivity index (χ2v) is 5.44. The monoisotopic (exact) mass is 314 g/mol. The number of carbonyl (C=O) groups is 1. The number of hydrogen-bond acceptors (Lipinski definition) is 3. The average Bonchev–Trinajstić information content (AvgIpc) is 2.54. The van der Waals surface area contributed by atoms with Gasteiger partial charge < -0.3 is 19.7 Å². The molecule has 0 aromatic heterocycles. The predicted octanol–water partition coefficient (Wildman–Crippen LogP) is 3.77. The Balaban J connectivity index is 2.57. The van der Waals surface area contributed by atoms with Gasteiger partial charge >= 0.3 is 6.03 Å². The number of nitrogens with one attached hydrogen (secondary N) is 1. The van der Waals surface area contributed by atoms with E-state index in [2.05, 4.69) is 5.32 Å². The zero-order valence-corrected chi connectivity index (χ0v) is 14.1. The number of amides is 2. The van der Waals surface area contributed by atoms with Gasteiger partial charge in [0.1, 0.15) is 11.5 Å². The third-order valence-electron chi connectivity index (χ3n) is 3.52. The zero-order chi connectivity index (χ0) is 17.0. The summed E-state index contributed by atoms with van der Waals surface area (Å²) in [5, 5.41) is 2.93. The molecule has 122 valence electrons. The fourth-order valence-corrected chi connectivity index (χ4v) is 2.25. The first-order valence-corrected chi connectivity index (χ1v) is 7.27. The lowest BCUT2D eigenvalue weighted by Crippen LogP contribution is -2.27.